The molecule has 1 saturated heterocycles. The maximum atomic E-state index is 13.4. The number of nitrogens with zero attached hydrogens (tertiary/aromatic N) is 1. The van der Waals surface area contributed by atoms with Crippen LogP contribution >= 0.6 is 0 Å². The van der Waals surface area contributed by atoms with Crippen LogP contribution in [0.5, 0.6) is 0 Å². The van der Waals surface area contributed by atoms with Crippen LogP contribution in [0.25, 0.3) is 6.08 Å². The Morgan fingerprint density at radius 3 is 2.50 bits per heavy atom. The summed E-state index contributed by atoms with van der Waals surface area (Å²) >= 11 is 0. The summed E-state index contributed by atoms with van der Waals surface area (Å²) in [7, 11) is -3.39. The van der Waals surface area contributed by atoms with Gasteiger partial charge in [-0.1, -0.05) is 50.3 Å². The molecule has 1 aromatic rings. The first kappa shape index (κ1) is 18.8. The molecule has 1 aromatic carbocycles. The smallest absolute Gasteiger partial charge is 0.214 e. The molecule has 1 aliphatic heterocycles. The third kappa shape index (κ3) is 2.39. The monoisotopic (exact) mass is 401 g/mol. The topological polar surface area (TPSA) is 57.6 Å². The maximum absolute atomic E-state index is 13.4. The molecule has 1 spiro atoms. The first-order chi connectivity index (χ1) is 13.2. The predicted octanol–water partition coefficient (Wildman–Crippen LogP) is 3.56. The first-order valence-electron chi connectivity index (χ1n) is 10.6. The Morgan fingerprint density at radius 2 is 1.86 bits per heavy atom. The third-order valence-corrected chi connectivity index (χ3v) is 10.9. The standard InChI is InChI=1S/C23H31NO3S/c1-21(2)18-8-10-23(21,20(25)15-18)16-28(26,27)24-13-11-22(12-14-24)9-7-17-5-3-4-6-19(17)22/h3-7,9,18,20,25H,8,10-16H2,1-2H3/t18-,20-,23-/m1/s1. The second kappa shape index (κ2) is 5.93. The fourth-order valence-electron chi connectivity index (χ4n) is 6.83. The van der Waals surface area contributed by atoms with Crippen molar-refractivity contribution >= 4 is 16.1 Å². The molecule has 4 aliphatic rings. The molecule has 3 aliphatic carbocycles. The summed E-state index contributed by atoms with van der Waals surface area (Å²) in [6.07, 6.45) is 8.29. The predicted molar refractivity (Wildman–Crippen MR) is 111 cm³/mol. The minimum Gasteiger partial charge on any atom is -0.392 e. The van der Waals surface area contributed by atoms with Crippen LogP contribution in [0.4, 0.5) is 0 Å². The molecule has 1 N–H and O–H groups in total. The fourth-order valence-corrected chi connectivity index (χ4v) is 9.11. The Morgan fingerprint density at radius 1 is 1.14 bits per heavy atom. The van der Waals surface area contributed by atoms with Crippen molar-refractivity contribution in [3.63, 3.8) is 0 Å². The molecular weight excluding hydrogens is 370 g/mol. The fraction of sp³-hybridized carbons (Fsp3) is 0.652. The van der Waals surface area contributed by atoms with Gasteiger partial charge >= 0.3 is 0 Å². The second-order valence-corrected chi connectivity index (χ2v) is 12.1. The average Bonchev–Trinajstić information content (AvgIpc) is 3.19. The number of benzene rings is 1. The van der Waals surface area contributed by atoms with Gasteiger partial charge in [-0.25, -0.2) is 12.7 Å². The highest BCUT2D eigenvalue weighted by molar-refractivity contribution is 7.89. The molecule has 2 saturated carbocycles. The van der Waals surface area contributed by atoms with Crippen molar-refractivity contribution in [2.75, 3.05) is 18.8 Å². The van der Waals surface area contributed by atoms with Crippen molar-refractivity contribution in [3.8, 4) is 0 Å². The third-order valence-electron chi connectivity index (χ3n) is 8.92. The average molecular weight is 402 g/mol. The summed E-state index contributed by atoms with van der Waals surface area (Å²) < 4.78 is 28.5. The van der Waals surface area contributed by atoms with Gasteiger partial charge in [0.25, 0.3) is 0 Å². The molecule has 3 fully saturated rings. The van der Waals surface area contributed by atoms with Crippen LogP contribution in [-0.2, 0) is 15.4 Å². The number of hydrogen-bond donors (Lipinski definition) is 1. The Labute approximate surface area is 168 Å². The van der Waals surface area contributed by atoms with Gasteiger partial charge in [-0.05, 0) is 54.6 Å². The molecule has 0 aromatic heterocycles. The number of sulfonamides is 1. The van der Waals surface area contributed by atoms with Gasteiger partial charge in [0.2, 0.25) is 10.0 Å². The van der Waals surface area contributed by atoms with Gasteiger partial charge in [0.15, 0.2) is 0 Å². The van der Waals surface area contributed by atoms with Gasteiger partial charge < -0.3 is 5.11 Å². The zero-order valence-electron chi connectivity index (χ0n) is 16.9. The Bertz CT molecular complexity index is 927. The van der Waals surface area contributed by atoms with Gasteiger partial charge in [-0.3, -0.25) is 0 Å². The lowest BCUT2D eigenvalue weighted by Gasteiger charge is -2.43. The first-order valence-corrected chi connectivity index (χ1v) is 12.3. The molecule has 1 heterocycles. The number of aliphatic hydroxyl groups excluding tert-OH is 1. The Kier molecular flexibility index (Phi) is 3.99. The highest BCUT2D eigenvalue weighted by atomic mass is 32.2. The molecular formula is C23H31NO3S. The van der Waals surface area contributed by atoms with E-state index in [9.17, 15) is 13.5 Å². The van der Waals surface area contributed by atoms with Crippen LogP contribution in [0.3, 0.4) is 0 Å². The number of allylic oxidation sites excluding steroid dienone is 1. The van der Waals surface area contributed by atoms with Crippen LogP contribution in [0.15, 0.2) is 30.3 Å². The van der Waals surface area contributed by atoms with E-state index in [1.165, 1.54) is 11.1 Å². The molecule has 0 radical (unpaired) electrons. The molecule has 0 amide bonds. The summed E-state index contributed by atoms with van der Waals surface area (Å²) in [5.74, 6) is 0.548. The number of rotatable bonds is 3. The zero-order chi connectivity index (χ0) is 19.8. The van der Waals surface area contributed by atoms with Gasteiger partial charge in [-0.2, -0.15) is 0 Å². The zero-order valence-corrected chi connectivity index (χ0v) is 17.7. The summed E-state index contributed by atoms with van der Waals surface area (Å²) in [6.45, 7) is 5.47. The molecule has 5 rings (SSSR count). The number of fused-ring (bicyclic) bond motifs is 4. The van der Waals surface area contributed by atoms with E-state index < -0.39 is 21.5 Å². The van der Waals surface area contributed by atoms with E-state index in [0.29, 0.717) is 19.0 Å². The van der Waals surface area contributed by atoms with Gasteiger partial charge in [0.05, 0.1) is 11.9 Å². The minimum atomic E-state index is -3.39. The van der Waals surface area contributed by atoms with E-state index in [0.717, 1.165) is 32.1 Å². The molecule has 152 valence electrons. The Balaban J connectivity index is 1.35. The quantitative estimate of drug-likeness (QED) is 0.842. The van der Waals surface area contributed by atoms with Crippen molar-refractivity contribution in [3.05, 3.63) is 41.5 Å². The van der Waals surface area contributed by atoms with Crippen molar-refractivity contribution in [2.24, 2.45) is 16.7 Å². The number of piperidine rings is 1. The van der Waals surface area contributed by atoms with Crippen molar-refractivity contribution in [1.29, 1.82) is 0 Å². The van der Waals surface area contributed by atoms with Crippen molar-refractivity contribution in [1.82, 2.24) is 4.31 Å². The number of aliphatic hydroxyl groups is 1. The summed E-state index contributed by atoms with van der Waals surface area (Å²) in [5, 5.41) is 10.8. The van der Waals surface area contributed by atoms with E-state index >= 15 is 0 Å². The molecule has 0 unspecified atom stereocenters. The molecule has 28 heavy (non-hydrogen) atoms. The van der Waals surface area contributed by atoms with Crippen LogP contribution < -0.4 is 0 Å². The van der Waals surface area contributed by atoms with E-state index in [2.05, 4.69) is 50.3 Å². The SMILES string of the molecule is CC1(C)[C@@H]2CC[C@@]1(CS(=O)(=O)N1CCC3(C=Cc4ccccc43)CC1)[C@H](O)C2. The highest BCUT2D eigenvalue weighted by Gasteiger charge is 2.65. The van der Waals surface area contributed by atoms with Crippen LogP contribution in [0.1, 0.15) is 57.1 Å². The Hall–Kier alpha value is -1.17. The lowest BCUT2D eigenvalue weighted by Crippen LogP contribution is -2.51. The van der Waals surface area contributed by atoms with E-state index in [-0.39, 0.29) is 16.6 Å². The normalized spacial score (nSPS) is 35.5. The molecule has 2 bridgehead atoms. The van der Waals surface area contributed by atoms with Crippen molar-refractivity contribution < 1.29 is 13.5 Å². The lowest BCUT2D eigenvalue weighted by atomic mass is 9.70. The van der Waals surface area contributed by atoms with E-state index in [1.807, 2.05) is 0 Å². The van der Waals surface area contributed by atoms with Gasteiger partial charge in [0.1, 0.15) is 0 Å². The van der Waals surface area contributed by atoms with E-state index in [4.69, 9.17) is 0 Å². The van der Waals surface area contributed by atoms with Crippen LogP contribution in [0, 0.1) is 16.7 Å². The van der Waals surface area contributed by atoms with Crippen LogP contribution in [-0.4, -0.2) is 42.8 Å². The van der Waals surface area contributed by atoms with Crippen molar-refractivity contribution in [2.45, 2.75) is 57.5 Å². The minimum absolute atomic E-state index is 0.00844. The molecule has 3 atom stereocenters. The maximum Gasteiger partial charge on any atom is 0.214 e. The largest absolute Gasteiger partial charge is 0.392 e. The van der Waals surface area contributed by atoms with Crippen LogP contribution in [0.2, 0.25) is 0 Å². The highest BCUT2D eigenvalue weighted by Crippen LogP contribution is 2.66. The molecule has 5 heteroatoms. The van der Waals surface area contributed by atoms with Gasteiger partial charge in [0, 0.05) is 23.9 Å². The number of hydrogen-bond acceptors (Lipinski definition) is 3. The summed E-state index contributed by atoms with van der Waals surface area (Å²) in [4.78, 5) is 0. The van der Waals surface area contributed by atoms with E-state index in [1.54, 1.807) is 4.31 Å². The summed E-state index contributed by atoms with van der Waals surface area (Å²) in [5.41, 5.74) is 2.02. The van der Waals surface area contributed by atoms with Gasteiger partial charge in [-0.15, -0.1) is 0 Å². The molecule has 4 nitrogen and oxygen atoms in total. The second-order valence-electron chi connectivity index (χ2n) is 10.1. The summed E-state index contributed by atoms with van der Waals surface area (Å²) in [6, 6.07) is 8.47. The lowest BCUT2D eigenvalue weighted by molar-refractivity contribution is 0.0143.